The molecular formula is C21H41N5O6. The third kappa shape index (κ3) is 12.9. The Morgan fingerprint density at radius 1 is 1.09 bits per heavy atom. The highest BCUT2D eigenvalue weighted by Gasteiger charge is 2.22. The van der Waals surface area contributed by atoms with Gasteiger partial charge in [-0.1, -0.05) is 12.8 Å². The van der Waals surface area contributed by atoms with Crippen molar-refractivity contribution in [2.75, 3.05) is 72.9 Å². The zero-order valence-electron chi connectivity index (χ0n) is 19.3. The number of hydrogen-bond acceptors (Lipinski definition) is 10. The summed E-state index contributed by atoms with van der Waals surface area (Å²) in [6, 6.07) is 0. The summed E-state index contributed by atoms with van der Waals surface area (Å²) < 4.78 is 22.2. The topological polar surface area (TPSA) is 150 Å². The number of likely N-dealkylation sites (N-methyl/N-ethyl adjacent to an activating group) is 1. The van der Waals surface area contributed by atoms with Crippen molar-refractivity contribution in [3.63, 3.8) is 0 Å². The van der Waals surface area contributed by atoms with Crippen molar-refractivity contribution in [1.82, 2.24) is 15.6 Å². The van der Waals surface area contributed by atoms with E-state index in [1.54, 1.807) is 5.01 Å². The van der Waals surface area contributed by atoms with Crippen LogP contribution >= 0.6 is 0 Å². The summed E-state index contributed by atoms with van der Waals surface area (Å²) in [5, 5.41) is 7.07. The molecule has 32 heavy (non-hydrogen) atoms. The van der Waals surface area contributed by atoms with Gasteiger partial charge in [0.25, 0.3) is 0 Å². The van der Waals surface area contributed by atoms with E-state index >= 15 is 0 Å². The van der Waals surface area contributed by atoms with E-state index in [0.717, 1.165) is 44.3 Å². The van der Waals surface area contributed by atoms with Gasteiger partial charge in [0, 0.05) is 6.54 Å². The Hall–Kier alpha value is -1.76. The number of carbonyl (C=O) groups excluding carboxylic acids is 2. The van der Waals surface area contributed by atoms with Gasteiger partial charge in [-0.3, -0.25) is 4.79 Å². The second-order valence-corrected chi connectivity index (χ2v) is 7.41. The number of amides is 1. The Morgan fingerprint density at radius 3 is 2.47 bits per heavy atom. The molecule has 1 rings (SSSR count). The van der Waals surface area contributed by atoms with Gasteiger partial charge in [0.1, 0.15) is 12.9 Å². The van der Waals surface area contributed by atoms with Crippen molar-refractivity contribution >= 4 is 12.2 Å². The van der Waals surface area contributed by atoms with Crippen molar-refractivity contribution in [3.05, 3.63) is 11.4 Å². The molecule has 0 aromatic carbocycles. The average molecular weight is 460 g/mol. The first-order chi connectivity index (χ1) is 15.6. The maximum absolute atomic E-state index is 11.7. The predicted octanol–water partition coefficient (Wildman–Crippen LogP) is -0.734. The van der Waals surface area contributed by atoms with E-state index in [1.165, 1.54) is 0 Å². The Balaban J connectivity index is 2.34. The zero-order chi connectivity index (χ0) is 23.4. The first kappa shape index (κ1) is 28.3. The highest BCUT2D eigenvalue weighted by molar-refractivity contribution is 5.79. The Morgan fingerprint density at radius 2 is 1.78 bits per heavy atom. The minimum absolute atomic E-state index is 0.0322. The molecule has 1 aliphatic carbocycles. The lowest BCUT2D eigenvalue weighted by molar-refractivity contribution is -0.128. The molecule has 0 heterocycles. The lowest BCUT2D eigenvalue weighted by Crippen LogP contribution is -2.39. The predicted molar refractivity (Wildman–Crippen MR) is 120 cm³/mol. The van der Waals surface area contributed by atoms with Crippen LogP contribution in [0.4, 0.5) is 0 Å². The normalized spacial score (nSPS) is 19.2. The summed E-state index contributed by atoms with van der Waals surface area (Å²) in [5.74, 6) is 5.90. The standard InChI is InChI=1S/C21H41N5O6/c1-24-8-11-29-13-15-31-16-14-30-12-9-26(23)18-5-3-2-4-6-19(21(18)22)32-17-20(28)25-7-10-27/h10,19,24H,2-9,11-17,22-23H2,1H3,(H,25,28)/b21-18-. The van der Waals surface area contributed by atoms with Crippen LogP contribution in [0, 0.1) is 0 Å². The van der Waals surface area contributed by atoms with Gasteiger partial charge < -0.3 is 45.1 Å². The summed E-state index contributed by atoms with van der Waals surface area (Å²) >= 11 is 0. The first-order valence-corrected chi connectivity index (χ1v) is 11.3. The quantitative estimate of drug-likeness (QED) is 0.0893. The molecule has 1 atom stereocenters. The molecule has 0 fully saturated rings. The number of hydrogen-bond donors (Lipinski definition) is 4. The summed E-state index contributed by atoms with van der Waals surface area (Å²) in [6.45, 7) is 4.29. The van der Waals surface area contributed by atoms with Crippen LogP contribution in [0.3, 0.4) is 0 Å². The Bertz CT molecular complexity index is 549. The number of nitrogens with two attached hydrogens (primary N) is 2. The minimum Gasteiger partial charge on any atom is -0.398 e. The molecule has 0 bridgehead atoms. The summed E-state index contributed by atoms with van der Waals surface area (Å²) in [6.07, 6.45) is 4.69. The number of nitrogens with one attached hydrogen (secondary N) is 2. The third-order valence-electron chi connectivity index (χ3n) is 4.92. The van der Waals surface area contributed by atoms with Crippen molar-refractivity contribution in [3.8, 4) is 0 Å². The summed E-state index contributed by atoms with van der Waals surface area (Å²) in [5.41, 5.74) is 7.75. The van der Waals surface area contributed by atoms with E-state index < -0.39 is 0 Å². The highest BCUT2D eigenvalue weighted by atomic mass is 16.5. The average Bonchev–Trinajstić information content (AvgIpc) is 2.78. The monoisotopic (exact) mass is 459 g/mol. The lowest BCUT2D eigenvalue weighted by atomic mass is 9.99. The minimum atomic E-state index is -0.386. The van der Waals surface area contributed by atoms with Crippen LogP contribution < -0.4 is 22.2 Å². The van der Waals surface area contributed by atoms with Gasteiger partial charge >= 0.3 is 0 Å². The molecule has 0 radical (unpaired) electrons. The van der Waals surface area contributed by atoms with Gasteiger partial charge in [0.05, 0.1) is 70.2 Å². The molecule has 1 aliphatic rings. The van der Waals surface area contributed by atoms with Crippen LogP contribution in [0.25, 0.3) is 0 Å². The molecule has 1 unspecified atom stereocenters. The number of hydrazine groups is 1. The molecule has 0 spiro atoms. The second kappa shape index (κ2) is 18.8. The fourth-order valence-corrected chi connectivity index (χ4v) is 3.16. The molecule has 0 saturated carbocycles. The van der Waals surface area contributed by atoms with Crippen LogP contribution in [0.15, 0.2) is 11.4 Å². The molecule has 0 saturated heterocycles. The van der Waals surface area contributed by atoms with Gasteiger partial charge in [-0.15, -0.1) is 0 Å². The van der Waals surface area contributed by atoms with E-state index in [2.05, 4.69) is 10.6 Å². The van der Waals surface area contributed by atoms with Gasteiger partial charge in [-0.2, -0.15) is 0 Å². The first-order valence-electron chi connectivity index (χ1n) is 11.3. The molecule has 0 aliphatic heterocycles. The van der Waals surface area contributed by atoms with E-state index in [9.17, 15) is 9.59 Å². The van der Waals surface area contributed by atoms with Crippen LogP contribution in [0.5, 0.6) is 0 Å². The van der Waals surface area contributed by atoms with Crippen molar-refractivity contribution < 1.29 is 28.5 Å². The molecule has 11 nitrogen and oxygen atoms in total. The van der Waals surface area contributed by atoms with Crippen molar-refractivity contribution in [2.45, 2.75) is 38.2 Å². The van der Waals surface area contributed by atoms with Gasteiger partial charge in [-0.25, -0.2) is 5.84 Å². The van der Waals surface area contributed by atoms with Crippen molar-refractivity contribution in [1.29, 1.82) is 0 Å². The number of carbonyl (C=O) groups is 2. The largest absolute Gasteiger partial charge is 0.398 e. The van der Waals surface area contributed by atoms with E-state index in [-0.39, 0.29) is 25.2 Å². The smallest absolute Gasteiger partial charge is 0.246 e. The fraction of sp³-hybridized carbons (Fsp3) is 0.810. The Kier molecular flexibility index (Phi) is 16.6. The van der Waals surface area contributed by atoms with E-state index in [4.69, 9.17) is 30.5 Å². The van der Waals surface area contributed by atoms with Crippen molar-refractivity contribution in [2.24, 2.45) is 11.6 Å². The molecule has 1 amide bonds. The summed E-state index contributed by atoms with van der Waals surface area (Å²) in [7, 11) is 1.88. The fourth-order valence-electron chi connectivity index (χ4n) is 3.16. The van der Waals surface area contributed by atoms with Gasteiger partial charge in [-0.05, 0) is 26.3 Å². The zero-order valence-corrected chi connectivity index (χ0v) is 19.3. The van der Waals surface area contributed by atoms with Crippen LogP contribution in [-0.4, -0.2) is 96.2 Å². The number of allylic oxidation sites excluding steroid dienone is 1. The molecule has 0 aromatic rings. The maximum Gasteiger partial charge on any atom is 0.246 e. The molecule has 6 N–H and O–H groups in total. The number of nitrogens with zero attached hydrogens (tertiary/aromatic N) is 1. The highest BCUT2D eigenvalue weighted by Crippen LogP contribution is 2.24. The van der Waals surface area contributed by atoms with Gasteiger partial charge in [0.2, 0.25) is 5.91 Å². The van der Waals surface area contributed by atoms with Crippen LogP contribution in [-0.2, 0) is 28.5 Å². The number of rotatable bonds is 18. The molecular weight excluding hydrogens is 418 g/mol. The lowest BCUT2D eigenvalue weighted by Gasteiger charge is -2.29. The van der Waals surface area contributed by atoms with Gasteiger partial charge in [0.15, 0.2) is 0 Å². The Labute approximate surface area is 191 Å². The third-order valence-corrected chi connectivity index (χ3v) is 4.92. The van der Waals surface area contributed by atoms with E-state index in [0.29, 0.717) is 58.2 Å². The second-order valence-electron chi connectivity index (χ2n) is 7.41. The van der Waals surface area contributed by atoms with Crippen LogP contribution in [0.2, 0.25) is 0 Å². The number of aldehydes is 1. The molecule has 0 aromatic heterocycles. The molecule has 11 heteroatoms. The van der Waals surface area contributed by atoms with E-state index in [1.807, 2.05) is 7.05 Å². The van der Waals surface area contributed by atoms with Crippen LogP contribution in [0.1, 0.15) is 32.1 Å². The maximum atomic E-state index is 11.7. The summed E-state index contributed by atoms with van der Waals surface area (Å²) in [4.78, 5) is 22.1. The SMILES string of the molecule is CNCCOCCOCCOCCN(N)/C1=C(\N)C(OCC(=O)NCC=O)CCCCC1. The molecule has 186 valence electrons. The number of ether oxygens (including phenoxy) is 4.